The highest BCUT2D eigenvalue weighted by atomic mass is 32.1. The molecule has 0 radical (unpaired) electrons. The molecule has 0 aliphatic rings. The van der Waals surface area contributed by atoms with Gasteiger partial charge in [-0.2, -0.15) is 0 Å². The number of thiophene rings is 1. The smallest absolute Gasteiger partial charge is 0.227 e. The van der Waals surface area contributed by atoms with E-state index in [-0.39, 0.29) is 11.3 Å². The minimum atomic E-state index is -0.489. The molecule has 23 heavy (non-hydrogen) atoms. The number of hydrogen-bond acceptors (Lipinski definition) is 3. The second kappa shape index (κ2) is 8.34. The Balaban J connectivity index is 2.54. The molecule has 6 heteroatoms. The van der Waals surface area contributed by atoms with Gasteiger partial charge < -0.3 is 16.0 Å². The molecule has 1 aromatic rings. The van der Waals surface area contributed by atoms with Crippen molar-refractivity contribution in [2.75, 3.05) is 26.7 Å². The van der Waals surface area contributed by atoms with Crippen LogP contribution in [0.4, 0.5) is 0 Å². The molecule has 1 heterocycles. The molecule has 0 aromatic carbocycles. The van der Waals surface area contributed by atoms with Crippen LogP contribution in [0.2, 0.25) is 0 Å². The minimum Gasteiger partial charge on any atom is -0.356 e. The molecule has 0 aliphatic carbocycles. The number of hydrogen-bond donors (Lipinski definition) is 3. The van der Waals surface area contributed by atoms with Crippen LogP contribution in [0.3, 0.4) is 0 Å². The maximum Gasteiger partial charge on any atom is 0.227 e. The molecule has 0 atom stereocenters. The van der Waals surface area contributed by atoms with Gasteiger partial charge in [0.15, 0.2) is 5.96 Å². The average Bonchev–Trinajstić information content (AvgIpc) is 3.02. The van der Waals surface area contributed by atoms with Crippen molar-refractivity contribution in [2.45, 2.75) is 40.0 Å². The first-order valence-electron chi connectivity index (χ1n) is 7.99. The molecule has 0 unspecified atom stereocenters. The van der Waals surface area contributed by atoms with Crippen LogP contribution in [0.15, 0.2) is 22.5 Å². The van der Waals surface area contributed by atoms with Gasteiger partial charge in [-0.3, -0.25) is 9.79 Å². The first-order valence-corrected chi connectivity index (χ1v) is 8.87. The van der Waals surface area contributed by atoms with Gasteiger partial charge in [-0.1, -0.05) is 19.9 Å². The molecule has 1 rings (SSSR count). The number of rotatable bonds is 7. The predicted octanol–water partition coefficient (Wildman–Crippen LogP) is 2.35. The van der Waals surface area contributed by atoms with Gasteiger partial charge in [0, 0.05) is 37.0 Å². The van der Waals surface area contributed by atoms with Gasteiger partial charge in [0.25, 0.3) is 0 Å². The van der Waals surface area contributed by atoms with Crippen molar-refractivity contribution in [3.63, 3.8) is 0 Å². The Morgan fingerprint density at radius 2 is 1.83 bits per heavy atom. The summed E-state index contributed by atoms with van der Waals surface area (Å²) < 4.78 is 0. The number of nitrogens with one attached hydrogen (secondary N) is 3. The highest BCUT2D eigenvalue weighted by Crippen LogP contribution is 2.26. The van der Waals surface area contributed by atoms with E-state index < -0.39 is 5.41 Å². The van der Waals surface area contributed by atoms with Crippen LogP contribution in [0.1, 0.15) is 39.5 Å². The highest BCUT2D eigenvalue weighted by Gasteiger charge is 2.27. The van der Waals surface area contributed by atoms with Crippen molar-refractivity contribution < 1.29 is 4.79 Å². The summed E-state index contributed by atoms with van der Waals surface area (Å²) in [5.74, 6) is 0.758. The van der Waals surface area contributed by atoms with Crippen LogP contribution in [0.5, 0.6) is 0 Å². The topological polar surface area (TPSA) is 65.5 Å². The molecule has 1 aromatic heterocycles. The van der Waals surface area contributed by atoms with Crippen molar-refractivity contribution in [1.82, 2.24) is 16.0 Å². The van der Waals surface area contributed by atoms with Crippen LogP contribution in [0, 0.1) is 5.41 Å². The lowest BCUT2D eigenvalue weighted by atomic mass is 9.91. The Bertz CT molecular complexity index is 521. The number of carbonyl (C=O) groups is 1. The molecular formula is C17H30N4OS. The standard InChI is InChI=1S/C17H30N4OS/c1-7-19-14(22)17(4,5)12-21-15(18-6)20-11-16(2,3)13-9-8-10-23-13/h8-10H,7,11-12H2,1-6H3,(H,19,22)(H2,18,20,21). The van der Waals surface area contributed by atoms with E-state index in [0.717, 1.165) is 6.54 Å². The third-order valence-corrected chi connectivity index (χ3v) is 5.00. The molecular weight excluding hydrogens is 308 g/mol. The summed E-state index contributed by atoms with van der Waals surface area (Å²) in [4.78, 5) is 17.6. The van der Waals surface area contributed by atoms with Crippen molar-refractivity contribution in [1.29, 1.82) is 0 Å². The van der Waals surface area contributed by atoms with E-state index in [0.29, 0.717) is 19.0 Å². The van der Waals surface area contributed by atoms with E-state index in [4.69, 9.17) is 0 Å². The third kappa shape index (κ3) is 5.86. The maximum absolute atomic E-state index is 12.0. The quantitative estimate of drug-likeness (QED) is 0.528. The predicted molar refractivity (Wildman–Crippen MR) is 99.2 cm³/mol. The zero-order valence-corrected chi connectivity index (χ0v) is 15.9. The Morgan fingerprint density at radius 1 is 1.17 bits per heavy atom. The van der Waals surface area contributed by atoms with Crippen LogP contribution in [0.25, 0.3) is 0 Å². The van der Waals surface area contributed by atoms with Gasteiger partial charge in [-0.25, -0.2) is 0 Å². The van der Waals surface area contributed by atoms with Crippen LogP contribution < -0.4 is 16.0 Å². The fourth-order valence-electron chi connectivity index (χ4n) is 2.06. The van der Waals surface area contributed by atoms with Gasteiger partial charge in [0.1, 0.15) is 0 Å². The average molecular weight is 339 g/mol. The van der Waals surface area contributed by atoms with Crippen molar-refractivity contribution in [3.8, 4) is 0 Å². The van der Waals surface area contributed by atoms with E-state index in [1.54, 1.807) is 18.4 Å². The van der Waals surface area contributed by atoms with Crippen molar-refractivity contribution in [3.05, 3.63) is 22.4 Å². The third-order valence-electron chi connectivity index (χ3n) is 3.76. The monoisotopic (exact) mass is 338 g/mol. The van der Waals surface area contributed by atoms with E-state index >= 15 is 0 Å². The molecule has 0 bridgehead atoms. The molecule has 5 nitrogen and oxygen atoms in total. The van der Waals surface area contributed by atoms with Gasteiger partial charge >= 0.3 is 0 Å². The fourth-order valence-corrected chi connectivity index (χ4v) is 2.91. The van der Waals surface area contributed by atoms with Crippen molar-refractivity contribution in [2.24, 2.45) is 10.4 Å². The fraction of sp³-hybridized carbons (Fsp3) is 0.647. The first-order chi connectivity index (χ1) is 10.7. The summed E-state index contributed by atoms with van der Waals surface area (Å²) in [5, 5.41) is 11.6. The van der Waals surface area contributed by atoms with Gasteiger partial charge in [0.2, 0.25) is 5.91 Å². The van der Waals surface area contributed by atoms with Crippen LogP contribution in [-0.4, -0.2) is 38.5 Å². The number of amides is 1. The lowest BCUT2D eigenvalue weighted by Crippen LogP contribution is -2.49. The molecule has 0 saturated heterocycles. The molecule has 3 N–H and O–H groups in total. The Morgan fingerprint density at radius 3 is 2.35 bits per heavy atom. The molecule has 1 amide bonds. The summed E-state index contributed by atoms with van der Waals surface area (Å²) in [6.45, 7) is 12.1. The van der Waals surface area contributed by atoms with Gasteiger partial charge in [0.05, 0.1) is 5.41 Å². The second-order valence-corrected chi connectivity index (χ2v) is 7.83. The van der Waals surface area contributed by atoms with Crippen LogP contribution >= 0.6 is 11.3 Å². The highest BCUT2D eigenvalue weighted by molar-refractivity contribution is 7.10. The summed E-state index contributed by atoms with van der Waals surface area (Å²) in [5.41, 5.74) is -0.461. The molecule has 0 fully saturated rings. The van der Waals surface area contributed by atoms with Gasteiger partial charge in [-0.05, 0) is 32.2 Å². The largest absolute Gasteiger partial charge is 0.356 e. The Hall–Kier alpha value is -1.56. The van der Waals surface area contributed by atoms with E-state index in [1.165, 1.54) is 4.88 Å². The minimum absolute atomic E-state index is 0.0287. The maximum atomic E-state index is 12.0. The Kier molecular flexibility index (Phi) is 7.06. The number of carbonyl (C=O) groups excluding carboxylic acids is 1. The number of guanidine groups is 1. The Labute approximate surface area is 144 Å². The van der Waals surface area contributed by atoms with Crippen molar-refractivity contribution >= 4 is 23.2 Å². The van der Waals surface area contributed by atoms with E-state index in [9.17, 15) is 4.79 Å². The van der Waals surface area contributed by atoms with E-state index in [2.05, 4.69) is 52.3 Å². The van der Waals surface area contributed by atoms with Gasteiger partial charge in [-0.15, -0.1) is 11.3 Å². The lowest BCUT2D eigenvalue weighted by molar-refractivity contribution is -0.128. The number of nitrogens with zero attached hydrogens (tertiary/aromatic N) is 1. The zero-order valence-electron chi connectivity index (χ0n) is 15.1. The normalized spacial score (nSPS) is 12.9. The summed E-state index contributed by atoms with van der Waals surface area (Å²) >= 11 is 1.76. The first kappa shape index (κ1) is 19.5. The molecule has 0 spiro atoms. The molecule has 0 saturated carbocycles. The second-order valence-electron chi connectivity index (χ2n) is 6.88. The molecule has 130 valence electrons. The molecule has 0 aliphatic heterocycles. The summed E-state index contributed by atoms with van der Waals surface area (Å²) in [6, 6.07) is 4.23. The zero-order chi connectivity index (χ0) is 17.5. The SMILES string of the molecule is CCNC(=O)C(C)(C)CNC(=NC)NCC(C)(C)c1cccs1. The summed E-state index contributed by atoms with van der Waals surface area (Å²) in [6.07, 6.45) is 0. The van der Waals surface area contributed by atoms with E-state index in [1.807, 2.05) is 20.8 Å². The summed E-state index contributed by atoms with van der Waals surface area (Å²) in [7, 11) is 1.74. The van der Waals surface area contributed by atoms with Crippen LogP contribution in [-0.2, 0) is 10.2 Å². The lowest BCUT2D eigenvalue weighted by Gasteiger charge is -2.27. The number of aliphatic imine (C=N–C) groups is 1.